The zero-order chi connectivity index (χ0) is 27.6. The van der Waals surface area contributed by atoms with Crippen LogP contribution in [0.1, 0.15) is 42.0 Å². The topological polar surface area (TPSA) is 107 Å². The first kappa shape index (κ1) is 27.5. The quantitative estimate of drug-likeness (QED) is 0.319. The average Bonchev–Trinajstić information content (AvgIpc) is 3.22. The highest BCUT2D eigenvalue weighted by atomic mass is 32.2. The number of aryl methyl sites for hydroxylation is 1. The van der Waals surface area contributed by atoms with Gasteiger partial charge in [-0.3, -0.25) is 14.5 Å². The predicted molar refractivity (Wildman–Crippen MR) is 146 cm³/mol. The highest BCUT2D eigenvalue weighted by Crippen LogP contribution is 2.39. The molecule has 1 atom stereocenters. The first-order chi connectivity index (χ1) is 18.8. The van der Waals surface area contributed by atoms with Crippen molar-refractivity contribution in [2.45, 2.75) is 37.1 Å². The van der Waals surface area contributed by atoms with Crippen LogP contribution in [0.3, 0.4) is 0 Å². The van der Waals surface area contributed by atoms with Crippen LogP contribution in [-0.4, -0.2) is 91.8 Å². The van der Waals surface area contributed by atoms with Gasteiger partial charge in [0.25, 0.3) is 11.7 Å². The van der Waals surface area contributed by atoms with E-state index in [4.69, 9.17) is 4.74 Å². The second-order valence-corrected chi connectivity index (χ2v) is 12.3. The number of aliphatic hydroxyl groups is 1. The van der Waals surface area contributed by atoms with Gasteiger partial charge in [-0.25, -0.2) is 8.42 Å². The Kier molecular flexibility index (Phi) is 8.18. The van der Waals surface area contributed by atoms with Gasteiger partial charge >= 0.3 is 0 Å². The molecule has 0 saturated carbocycles. The molecule has 1 amide bonds. The molecule has 2 aromatic carbocycles. The van der Waals surface area contributed by atoms with Gasteiger partial charge in [0.1, 0.15) is 5.76 Å². The SMILES string of the molecule is Cc1ccc([C@@H]2C(=C(O)c3cccc(S(=O)(=O)N4CCCCC4)c3)C(=O)C(=O)N2CCN2CCOCC2)cc1. The van der Waals surface area contributed by atoms with Gasteiger partial charge in [0, 0.05) is 44.8 Å². The normalized spacial score (nSPS) is 22.9. The molecular formula is C29H35N3O6S. The summed E-state index contributed by atoms with van der Waals surface area (Å²) in [6.45, 7) is 6.49. The van der Waals surface area contributed by atoms with Gasteiger partial charge < -0.3 is 14.7 Å². The summed E-state index contributed by atoms with van der Waals surface area (Å²) >= 11 is 0. The van der Waals surface area contributed by atoms with Crippen molar-refractivity contribution in [1.29, 1.82) is 0 Å². The molecule has 39 heavy (non-hydrogen) atoms. The number of ketones is 1. The number of hydrogen-bond donors (Lipinski definition) is 1. The van der Waals surface area contributed by atoms with E-state index in [1.165, 1.54) is 21.3 Å². The number of amides is 1. The summed E-state index contributed by atoms with van der Waals surface area (Å²) in [6.07, 6.45) is 2.62. The van der Waals surface area contributed by atoms with Crippen molar-refractivity contribution < 1.29 is 27.9 Å². The summed E-state index contributed by atoms with van der Waals surface area (Å²) < 4.78 is 33.5. The maximum absolute atomic E-state index is 13.4. The van der Waals surface area contributed by atoms with Crippen molar-refractivity contribution in [3.63, 3.8) is 0 Å². The number of likely N-dealkylation sites (tertiary alicyclic amines) is 1. The molecule has 10 heteroatoms. The number of rotatable bonds is 7. The number of morpholine rings is 1. The molecule has 0 radical (unpaired) electrons. The number of carbonyl (C=O) groups excluding carboxylic acids is 2. The third kappa shape index (κ3) is 5.65. The maximum atomic E-state index is 13.4. The van der Waals surface area contributed by atoms with Crippen molar-refractivity contribution in [2.24, 2.45) is 0 Å². The monoisotopic (exact) mass is 553 g/mol. The zero-order valence-corrected chi connectivity index (χ0v) is 23.0. The molecule has 0 spiro atoms. The molecule has 3 aliphatic heterocycles. The number of piperidine rings is 1. The Morgan fingerprint density at radius 2 is 1.64 bits per heavy atom. The molecule has 0 bridgehead atoms. The molecule has 3 aliphatic rings. The van der Waals surface area contributed by atoms with E-state index in [0.717, 1.165) is 37.9 Å². The molecule has 3 heterocycles. The van der Waals surface area contributed by atoms with Crippen molar-refractivity contribution in [1.82, 2.24) is 14.1 Å². The molecule has 1 N–H and O–H groups in total. The van der Waals surface area contributed by atoms with Crippen molar-refractivity contribution in [2.75, 3.05) is 52.5 Å². The van der Waals surface area contributed by atoms with Gasteiger partial charge in [-0.05, 0) is 37.5 Å². The summed E-state index contributed by atoms with van der Waals surface area (Å²) in [5.74, 6) is -1.82. The van der Waals surface area contributed by atoms with E-state index in [9.17, 15) is 23.1 Å². The fourth-order valence-electron chi connectivity index (χ4n) is 5.49. The van der Waals surface area contributed by atoms with Gasteiger partial charge in [0.05, 0.1) is 29.7 Å². The molecular weight excluding hydrogens is 518 g/mol. The van der Waals surface area contributed by atoms with E-state index in [-0.39, 0.29) is 21.8 Å². The number of benzene rings is 2. The average molecular weight is 554 g/mol. The minimum absolute atomic E-state index is 0.0293. The molecule has 0 aliphatic carbocycles. The number of ether oxygens (including phenoxy) is 1. The number of nitrogens with zero attached hydrogens (tertiary/aromatic N) is 3. The van der Waals surface area contributed by atoms with Gasteiger partial charge in [0.15, 0.2) is 0 Å². The van der Waals surface area contributed by atoms with Crippen LogP contribution in [0.4, 0.5) is 0 Å². The van der Waals surface area contributed by atoms with Gasteiger partial charge in [-0.1, -0.05) is 48.4 Å². The Hall–Kier alpha value is -3.05. The lowest BCUT2D eigenvalue weighted by Gasteiger charge is -2.31. The van der Waals surface area contributed by atoms with Gasteiger partial charge in [-0.15, -0.1) is 0 Å². The summed E-state index contributed by atoms with van der Waals surface area (Å²) in [5.41, 5.74) is 1.90. The van der Waals surface area contributed by atoms with Crippen LogP contribution in [0.2, 0.25) is 0 Å². The second-order valence-electron chi connectivity index (χ2n) is 10.3. The number of aliphatic hydroxyl groups excluding tert-OH is 1. The highest BCUT2D eigenvalue weighted by molar-refractivity contribution is 7.89. The van der Waals surface area contributed by atoms with Crippen molar-refractivity contribution in [3.05, 3.63) is 70.8 Å². The molecule has 0 unspecified atom stereocenters. The first-order valence-electron chi connectivity index (χ1n) is 13.5. The van der Waals surface area contributed by atoms with E-state index < -0.39 is 27.8 Å². The van der Waals surface area contributed by atoms with Crippen LogP contribution in [0.15, 0.2) is 59.0 Å². The minimum atomic E-state index is -3.75. The molecule has 3 saturated heterocycles. The van der Waals surface area contributed by atoms with Crippen molar-refractivity contribution >= 4 is 27.5 Å². The third-order valence-corrected chi connectivity index (χ3v) is 9.65. The number of hydrogen-bond acceptors (Lipinski definition) is 7. The van der Waals surface area contributed by atoms with E-state index in [2.05, 4.69) is 4.90 Å². The Bertz CT molecular complexity index is 1360. The van der Waals surface area contributed by atoms with E-state index in [0.29, 0.717) is 45.0 Å². The molecule has 9 nitrogen and oxygen atoms in total. The third-order valence-electron chi connectivity index (χ3n) is 7.75. The Morgan fingerprint density at radius 3 is 2.33 bits per heavy atom. The van der Waals surface area contributed by atoms with Gasteiger partial charge in [-0.2, -0.15) is 4.31 Å². The Balaban J connectivity index is 1.52. The van der Waals surface area contributed by atoms with Crippen molar-refractivity contribution in [3.8, 4) is 0 Å². The predicted octanol–water partition coefficient (Wildman–Crippen LogP) is 2.92. The van der Waals surface area contributed by atoms with E-state index >= 15 is 0 Å². The summed E-state index contributed by atoms with van der Waals surface area (Å²) in [4.78, 5) is 30.4. The Labute approximate surface area is 229 Å². The largest absolute Gasteiger partial charge is 0.507 e. The number of carbonyl (C=O) groups is 2. The lowest BCUT2D eigenvalue weighted by Crippen LogP contribution is -2.42. The number of Topliss-reactive ketones (excluding diaryl/α,β-unsaturated/α-hetero) is 1. The van der Waals surface area contributed by atoms with Crippen LogP contribution in [0.5, 0.6) is 0 Å². The lowest BCUT2D eigenvalue weighted by atomic mass is 9.95. The second kappa shape index (κ2) is 11.6. The minimum Gasteiger partial charge on any atom is -0.507 e. The molecule has 0 aromatic heterocycles. The fraction of sp³-hybridized carbons (Fsp3) is 0.448. The molecule has 5 rings (SSSR count). The fourth-order valence-corrected chi connectivity index (χ4v) is 7.06. The van der Waals surface area contributed by atoms with Crippen LogP contribution < -0.4 is 0 Å². The summed E-state index contributed by atoms with van der Waals surface area (Å²) in [5, 5.41) is 11.5. The smallest absolute Gasteiger partial charge is 0.295 e. The maximum Gasteiger partial charge on any atom is 0.295 e. The van der Waals surface area contributed by atoms with E-state index in [1.54, 1.807) is 12.1 Å². The van der Waals surface area contributed by atoms with Crippen LogP contribution in [0, 0.1) is 6.92 Å². The lowest BCUT2D eigenvalue weighted by molar-refractivity contribution is -0.140. The molecule has 3 fully saturated rings. The van der Waals surface area contributed by atoms with Crippen LogP contribution in [0.25, 0.3) is 5.76 Å². The van der Waals surface area contributed by atoms with Crippen LogP contribution in [-0.2, 0) is 24.3 Å². The zero-order valence-electron chi connectivity index (χ0n) is 22.2. The first-order valence-corrected chi connectivity index (χ1v) is 15.0. The van der Waals surface area contributed by atoms with E-state index in [1.807, 2.05) is 31.2 Å². The standard InChI is InChI=1S/C29H35N3O6S/c1-21-8-10-22(11-9-21)26-25(28(34)29(35)32(26)15-14-30-16-18-38-19-17-30)27(33)23-6-5-7-24(20-23)39(36,37)31-12-3-2-4-13-31/h5-11,20,26,33H,2-4,12-19H2,1H3/t26-/m1/s1. The summed E-state index contributed by atoms with van der Waals surface area (Å²) in [7, 11) is -3.75. The highest BCUT2D eigenvalue weighted by Gasteiger charge is 2.46. The Morgan fingerprint density at radius 1 is 0.949 bits per heavy atom. The summed E-state index contributed by atoms with van der Waals surface area (Å²) in [6, 6.07) is 12.8. The number of sulfonamides is 1. The van der Waals surface area contributed by atoms with Crippen LogP contribution >= 0.6 is 0 Å². The molecule has 2 aromatic rings. The molecule has 208 valence electrons. The van der Waals surface area contributed by atoms with Gasteiger partial charge in [0.2, 0.25) is 10.0 Å².